The highest BCUT2D eigenvalue weighted by atomic mass is 16.6. The molecule has 0 bridgehead atoms. The van der Waals surface area contributed by atoms with Gasteiger partial charge in [-0.2, -0.15) is 5.10 Å². The number of hydrogen-bond acceptors (Lipinski definition) is 5. The average molecular weight is 303 g/mol. The van der Waals surface area contributed by atoms with Crippen molar-refractivity contribution in [3.05, 3.63) is 23.8 Å². The molecular weight excluding hydrogens is 286 g/mol. The van der Waals surface area contributed by atoms with Crippen LogP contribution in [-0.4, -0.2) is 37.3 Å². The van der Waals surface area contributed by atoms with E-state index in [-0.39, 0.29) is 11.8 Å². The van der Waals surface area contributed by atoms with Crippen molar-refractivity contribution in [1.29, 1.82) is 0 Å². The molecule has 2 aliphatic heterocycles. The van der Waals surface area contributed by atoms with E-state index >= 15 is 0 Å². The van der Waals surface area contributed by atoms with Crippen molar-refractivity contribution in [2.75, 3.05) is 19.8 Å². The molecule has 7 heteroatoms. The molecule has 116 valence electrons. The first kappa shape index (κ1) is 14.4. The van der Waals surface area contributed by atoms with E-state index in [0.717, 1.165) is 17.1 Å². The molecule has 1 aromatic rings. The van der Waals surface area contributed by atoms with Crippen LogP contribution in [0.4, 0.5) is 0 Å². The van der Waals surface area contributed by atoms with E-state index in [2.05, 4.69) is 15.8 Å². The number of fused-ring (bicyclic) bond motifs is 1. The summed E-state index contributed by atoms with van der Waals surface area (Å²) >= 11 is 0. The van der Waals surface area contributed by atoms with E-state index in [1.807, 2.05) is 18.2 Å². The lowest BCUT2D eigenvalue weighted by molar-refractivity contribution is -0.121. The fraction of sp³-hybridized carbons (Fsp3) is 0.400. The molecule has 1 aromatic carbocycles. The monoisotopic (exact) mass is 303 g/mol. The number of ether oxygens (including phenoxy) is 2. The highest BCUT2D eigenvalue weighted by Crippen LogP contribution is 2.30. The van der Waals surface area contributed by atoms with E-state index in [4.69, 9.17) is 9.47 Å². The van der Waals surface area contributed by atoms with Crippen LogP contribution >= 0.6 is 0 Å². The van der Waals surface area contributed by atoms with Crippen molar-refractivity contribution >= 4 is 17.5 Å². The van der Waals surface area contributed by atoms with E-state index in [1.54, 1.807) is 0 Å². The summed E-state index contributed by atoms with van der Waals surface area (Å²) in [5.74, 6) is 1.10. The molecular formula is C15H17N3O4. The second-order valence-corrected chi connectivity index (χ2v) is 5.08. The van der Waals surface area contributed by atoms with Gasteiger partial charge >= 0.3 is 0 Å². The summed E-state index contributed by atoms with van der Waals surface area (Å²) in [5, 5.41) is 6.56. The number of nitrogens with zero attached hydrogens (tertiary/aromatic N) is 1. The van der Waals surface area contributed by atoms with E-state index in [0.29, 0.717) is 44.7 Å². The normalized spacial score (nSPS) is 16.5. The predicted octanol–water partition coefficient (Wildman–Crippen LogP) is 0.382. The average Bonchev–Trinajstić information content (AvgIpc) is 2.55. The number of carbonyl (C=O) groups excluding carboxylic acids is 2. The third-order valence-corrected chi connectivity index (χ3v) is 3.47. The summed E-state index contributed by atoms with van der Waals surface area (Å²) < 4.78 is 11.0. The second kappa shape index (κ2) is 6.46. The van der Waals surface area contributed by atoms with Gasteiger partial charge in [0.15, 0.2) is 11.5 Å². The van der Waals surface area contributed by atoms with Crippen molar-refractivity contribution in [3.63, 3.8) is 0 Å². The number of carbonyl (C=O) groups is 2. The fourth-order valence-corrected chi connectivity index (χ4v) is 2.30. The number of rotatable bonds is 4. The molecule has 0 saturated heterocycles. The van der Waals surface area contributed by atoms with Gasteiger partial charge in [-0.05, 0) is 24.1 Å². The Hall–Kier alpha value is -2.57. The standard InChI is InChI=1S/C15H17N3O4/c19-14-4-2-11(17-18-14)15(20)16-6-5-10-1-3-12-13(9-10)22-8-7-21-12/h1,3,9H,2,4-8H2,(H,16,20)(H,18,19). The highest BCUT2D eigenvalue weighted by molar-refractivity contribution is 6.39. The summed E-state index contributed by atoms with van der Waals surface area (Å²) in [6.45, 7) is 1.62. The van der Waals surface area contributed by atoms with Crippen LogP contribution in [0.15, 0.2) is 23.3 Å². The molecule has 22 heavy (non-hydrogen) atoms. The van der Waals surface area contributed by atoms with Crippen LogP contribution < -0.4 is 20.2 Å². The molecule has 2 N–H and O–H groups in total. The molecule has 2 aliphatic rings. The Labute approximate surface area is 127 Å². The number of hydrazone groups is 1. The van der Waals surface area contributed by atoms with Crippen LogP contribution in [-0.2, 0) is 16.0 Å². The summed E-state index contributed by atoms with van der Waals surface area (Å²) in [6, 6.07) is 5.77. The Bertz CT molecular complexity index is 627. The Morgan fingerprint density at radius 3 is 2.82 bits per heavy atom. The molecule has 3 rings (SSSR count). The number of benzene rings is 1. The molecule has 0 unspecified atom stereocenters. The van der Waals surface area contributed by atoms with Crippen LogP contribution in [0.2, 0.25) is 0 Å². The Kier molecular flexibility index (Phi) is 4.22. The minimum Gasteiger partial charge on any atom is -0.486 e. The maximum atomic E-state index is 11.9. The van der Waals surface area contributed by atoms with Gasteiger partial charge in [-0.15, -0.1) is 0 Å². The van der Waals surface area contributed by atoms with Crippen LogP contribution in [0.1, 0.15) is 18.4 Å². The third kappa shape index (κ3) is 3.36. The lowest BCUT2D eigenvalue weighted by Crippen LogP contribution is -2.37. The largest absolute Gasteiger partial charge is 0.486 e. The minimum absolute atomic E-state index is 0.159. The predicted molar refractivity (Wildman–Crippen MR) is 79.0 cm³/mol. The number of hydrogen-bond donors (Lipinski definition) is 2. The summed E-state index contributed by atoms with van der Waals surface area (Å²) in [7, 11) is 0. The maximum Gasteiger partial charge on any atom is 0.267 e. The van der Waals surface area contributed by atoms with Gasteiger partial charge in [0.2, 0.25) is 5.91 Å². The molecule has 7 nitrogen and oxygen atoms in total. The summed E-state index contributed by atoms with van der Waals surface area (Å²) in [5.41, 5.74) is 3.73. The van der Waals surface area contributed by atoms with E-state index in [9.17, 15) is 9.59 Å². The molecule has 0 radical (unpaired) electrons. The Morgan fingerprint density at radius 2 is 2.05 bits per heavy atom. The zero-order chi connectivity index (χ0) is 15.4. The zero-order valence-corrected chi connectivity index (χ0v) is 12.1. The van der Waals surface area contributed by atoms with Gasteiger partial charge < -0.3 is 14.8 Å². The van der Waals surface area contributed by atoms with Crippen molar-refractivity contribution < 1.29 is 19.1 Å². The van der Waals surface area contributed by atoms with Gasteiger partial charge in [0.25, 0.3) is 5.91 Å². The molecule has 2 heterocycles. The highest BCUT2D eigenvalue weighted by Gasteiger charge is 2.18. The van der Waals surface area contributed by atoms with Gasteiger partial charge in [0.1, 0.15) is 18.9 Å². The summed E-state index contributed by atoms with van der Waals surface area (Å²) in [6.07, 6.45) is 1.36. The van der Waals surface area contributed by atoms with Crippen LogP contribution in [0.3, 0.4) is 0 Å². The van der Waals surface area contributed by atoms with Gasteiger partial charge in [-0.1, -0.05) is 6.07 Å². The quantitative estimate of drug-likeness (QED) is 0.841. The number of nitrogens with one attached hydrogen (secondary N) is 2. The Morgan fingerprint density at radius 1 is 1.23 bits per heavy atom. The second-order valence-electron chi connectivity index (χ2n) is 5.08. The van der Waals surface area contributed by atoms with E-state index < -0.39 is 0 Å². The maximum absolute atomic E-state index is 11.9. The molecule has 0 saturated carbocycles. The van der Waals surface area contributed by atoms with Crippen molar-refractivity contribution in [2.24, 2.45) is 5.10 Å². The molecule has 0 fully saturated rings. The summed E-state index contributed by atoms with van der Waals surface area (Å²) in [4.78, 5) is 22.9. The van der Waals surface area contributed by atoms with Crippen LogP contribution in [0.5, 0.6) is 11.5 Å². The van der Waals surface area contributed by atoms with Crippen molar-refractivity contribution in [1.82, 2.24) is 10.7 Å². The van der Waals surface area contributed by atoms with Gasteiger partial charge in [-0.3, -0.25) is 9.59 Å². The molecule has 0 spiro atoms. The molecule has 0 aromatic heterocycles. The molecule has 0 aliphatic carbocycles. The van der Waals surface area contributed by atoms with E-state index in [1.165, 1.54) is 0 Å². The smallest absolute Gasteiger partial charge is 0.267 e. The Balaban J connectivity index is 1.50. The minimum atomic E-state index is -0.238. The lowest BCUT2D eigenvalue weighted by Gasteiger charge is -2.19. The number of amides is 2. The first-order valence-electron chi connectivity index (χ1n) is 7.24. The van der Waals surface area contributed by atoms with Crippen LogP contribution in [0, 0.1) is 0 Å². The first-order chi connectivity index (χ1) is 10.7. The van der Waals surface area contributed by atoms with Crippen LogP contribution in [0.25, 0.3) is 0 Å². The topological polar surface area (TPSA) is 89.0 Å². The van der Waals surface area contributed by atoms with Crippen molar-refractivity contribution in [3.8, 4) is 11.5 Å². The van der Waals surface area contributed by atoms with Crippen molar-refractivity contribution in [2.45, 2.75) is 19.3 Å². The molecule has 0 atom stereocenters. The zero-order valence-electron chi connectivity index (χ0n) is 12.1. The first-order valence-corrected chi connectivity index (χ1v) is 7.24. The van der Waals surface area contributed by atoms with Gasteiger partial charge in [0.05, 0.1) is 0 Å². The molecule has 2 amide bonds. The third-order valence-electron chi connectivity index (χ3n) is 3.47. The van der Waals surface area contributed by atoms with Gasteiger partial charge in [-0.25, -0.2) is 5.43 Å². The lowest BCUT2D eigenvalue weighted by atomic mass is 10.1. The SMILES string of the molecule is O=C1CCC(C(=O)NCCc2ccc3c(c2)OCCO3)=NN1. The fourth-order valence-electron chi connectivity index (χ4n) is 2.30. The van der Waals surface area contributed by atoms with Gasteiger partial charge in [0, 0.05) is 19.4 Å².